The lowest BCUT2D eigenvalue weighted by atomic mass is 9.84. The predicted octanol–water partition coefficient (Wildman–Crippen LogP) is 7.63. The summed E-state index contributed by atoms with van der Waals surface area (Å²) in [4.78, 5) is 0. The van der Waals surface area contributed by atoms with Crippen LogP contribution in [0, 0.1) is 5.41 Å². The highest BCUT2D eigenvalue weighted by molar-refractivity contribution is 4.81. The summed E-state index contributed by atoms with van der Waals surface area (Å²) in [7, 11) is 0. The van der Waals surface area contributed by atoms with Crippen LogP contribution in [0.2, 0.25) is 0 Å². The van der Waals surface area contributed by atoms with E-state index in [1.165, 1.54) is 103 Å². The summed E-state index contributed by atoms with van der Waals surface area (Å²) < 4.78 is 0. The van der Waals surface area contributed by atoms with Crippen LogP contribution in [0.15, 0.2) is 12.2 Å². The van der Waals surface area contributed by atoms with E-state index in [0.717, 1.165) is 12.8 Å². The summed E-state index contributed by atoms with van der Waals surface area (Å²) in [6, 6.07) is 0. The number of rotatable bonds is 21. The lowest BCUT2D eigenvalue weighted by Crippen LogP contribution is -2.44. The molecule has 0 aromatic carbocycles. The molecule has 0 saturated carbocycles. The summed E-state index contributed by atoms with van der Waals surface area (Å²) >= 11 is 0. The molecule has 0 radical (unpaired) electrons. The van der Waals surface area contributed by atoms with Crippen molar-refractivity contribution in [1.82, 2.24) is 0 Å². The van der Waals surface area contributed by atoms with E-state index in [0.29, 0.717) is 6.42 Å². The molecule has 0 aliphatic rings. The number of unbranched alkanes of at least 4 members (excludes halogenated alkanes) is 16. The van der Waals surface area contributed by atoms with Crippen LogP contribution < -0.4 is 0 Å². The maximum atomic E-state index is 9.31. The zero-order valence-corrected chi connectivity index (χ0v) is 19.9. The van der Waals surface area contributed by atoms with E-state index in [-0.39, 0.29) is 0 Å². The first-order valence-corrected chi connectivity index (χ1v) is 12.6. The van der Waals surface area contributed by atoms with Crippen molar-refractivity contribution < 1.29 is 15.3 Å². The van der Waals surface area contributed by atoms with E-state index in [9.17, 15) is 15.3 Å². The first-order chi connectivity index (χ1) is 13.8. The van der Waals surface area contributed by atoms with Crippen LogP contribution in [0.1, 0.15) is 143 Å². The van der Waals surface area contributed by atoms with Gasteiger partial charge in [-0.3, -0.25) is 0 Å². The zero-order chi connectivity index (χ0) is 21.8. The van der Waals surface area contributed by atoms with Gasteiger partial charge in [0.2, 0.25) is 0 Å². The second kappa shape index (κ2) is 18.4. The van der Waals surface area contributed by atoms with Gasteiger partial charge in [0.15, 0.2) is 0 Å². The van der Waals surface area contributed by atoms with Crippen LogP contribution in [0.25, 0.3) is 0 Å². The molecule has 0 heterocycles. The average Bonchev–Trinajstić information content (AvgIpc) is 2.65. The Labute approximate surface area is 182 Å². The molecule has 0 saturated heterocycles. The maximum Gasteiger partial charge on any atom is 0.280 e. The van der Waals surface area contributed by atoms with Crippen molar-refractivity contribution in [2.45, 2.75) is 149 Å². The Hall–Kier alpha value is -0.380. The maximum absolute atomic E-state index is 9.31. The molecule has 3 heteroatoms. The lowest BCUT2D eigenvalue weighted by Gasteiger charge is -2.33. The molecule has 3 nitrogen and oxygen atoms in total. The third-order valence-electron chi connectivity index (χ3n) is 6.22. The third-order valence-corrected chi connectivity index (χ3v) is 6.22. The Morgan fingerprint density at radius 1 is 0.517 bits per heavy atom. The summed E-state index contributed by atoms with van der Waals surface area (Å²) in [5, 5.41) is 27.9. The monoisotopic (exact) mass is 412 g/mol. The molecule has 0 fully saturated rings. The number of hydrogen-bond donors (Lipinski definition) is 3. The van der Waals surface area contributed by atoms with Crippen molar-refractivity contribution in [3.8, 4) is 0 Å². The molecule has 0 amide bonds. The van der Waals surface area contributed by atoms with Crippen molar-refractivity contribution >= 4 is 0 Å². The quantitative estimate of drug-likeness (QED) is 0.103. The van der Waals surface area contributed by atoms with Gasteiger partial charge in [0.05, 0.1) is 0 Å². The average molecular weight is 413 g/mol. The van der Waals surface area contributed by atoms with Gasteiger partial charge in [-0.2, -0.15) is 0 Å². The van der Waals surface area contributed by atoms with E-state index in [1.807, 2.05) is 0 Å². The topological polar surface area (TPSA) is 60.7 Å². The molecule has 0 atom stereocenters. The minimum absolute atomic E-state index is 0.629. The van der Waals surface area contributed by atoms with Gasteiger partial charge in [-0.1, -0.05) is 123 Å². The first kappa shape index (κ1) is 28.6. The van der Waals surface area contributed by atoms with E-state index in [1.54, 1.807) is 13.8 Å². The van der Waals surface area contributed by atoms with Crippen molar-refractivity contribution in [1.29, 1.82) is 0 Å². The largest absolute Gasteiger partial charge is 0.343 e. The smallest absolute Gasteiger partial charge is 0.280 e. The molecule has 174 valence electrons. The lowest BCUT2D eigenvalue weighted by molar-refractivity contribution is -0.368. The molecule has 0 aliphatic carbocycles. The second-order valence-electron chi connectivity index (χ2n) is 9.62. The third kappa shape index (κ3) is 18.1. The second-order valence-corrected chi connectivity index (χ2v) is 9.62. The molecule has 0 bridgehead atoms. The van der Waals surface area contributed by atoms with Gasteiger partial charge in [-0.05, 0) is 32.1 Å². The molecule has 0 rings (SSSR count). The van der Waals surface area contributed by atoms with Crippen molar-refractivity contribution in [2.75, 3.05) is 0 Å². The summed E-state index contributed by atoms with van der Waals surface area (Å²) in [5.74, 6) is -2.57. The van der Waals surface area contributed by atoms with Gasteiger partial charge in [-0.15, -0.1) is 0 Å². The molecule has 0 aromatic rings. The fourth-order valence-corrected chi connectivity index (χ4v) is 3.69. The van der Waals surface area contributed by atoms with Gasteiger partial charge in [0.25, 0.3) is 5.97 Å². The van der Waals surface area contributed by atoms with Crippen molar-refractivity contribution in [3.63, 3.8) is 0 Å². The van der Waals surface area contributed by atoms with Crippen LogP contribution in [0.3, 0.4) is 0 Å². The van der Waals surface area contributed by atoms with E-state index in [4.69, 9.17) is 0 Å². The predicted molar refractivity (Wildman–Crippen MR) is 126 cm³/mol. The van der Waals surface area contributed by atoms with Gasteiger partial charge in [-0.25, -0.2) is 0 Å². The van der Waals surface area contributed by atoms with Crippen molar-refractivity contribution in [3.05, 3.63) is 12.2 Å². The van der Waals surface area contributed by atoms with Crippen LogP contribution in [0.5, 0.6) is 0 Å². The van der Waals surface area contributed by atoms with Crippen LogP contribution in [-0.2, 0) is 0 Å². The molecular formula is C26H52O3. The standard InChI is InChI=1S/C26H52O3/c1-4-5-6-7-8-9-10-11-12-13-14-15-16-17-18-19-20-21-22-23-24-25(2,3)26(27,28)29/h11-12,27-29H,4-10,13-24H2,1-3H3. The van der Waals surface area contributed by atoms with Gasteiger partial charge in [0, 0.05) is 5.41 Å². The Balaban J connectivity index is 3.25. The highest BCUT2D eigenvalue weighted by atomic mass is 16.7. The van der Waals surface area contributed by atoms with Gasteiger partial charge >= 0.3 is 0 Å². The fraction of sp³-hybridized carbons (Fsp3) is 0.923. The van der Waals surface area contributed by atoms with Crippen LogP contribution >= 0.6 is 0 Å². The van der Waals surface area contributed by atoms with E-state index in [2.05, 4.69) is 19.1 Å². The molecular weight excluding hydrogens is 360 g/mol. The molecule has 3 N–H and O–H groups in total. The molecule has 0 aromatic heterocycles. The number of aliphatic hydroxyl groups is 3. The van der Waals surface area contributed by atoms with Gasteiger partial charge in [0.1, 0.15) is 0 Å². The molecule has 0 aliphatic heterocycles. The highest BCUT2D eigenvalue weighted by Crippen LogP contribution is 2.32. The highest BCUT2D eigenvalue weighted by Gasteiger charge is 2.39. The Kier molecular flexibility index (Phi) is 18.2. The van der Waals surface area contributed by atoms with Crippen molar-refractivity contribution in [2.24, 2.45) is 5.41 Å². The first-order valence-electron chi connectivity index (χ1n) is 12.6. The van der Waals surface area contributed by atoms with E-state index >= 15 is 0 Å². The number of allylic oxidation sites excluding steroid dienone is 2. The van der Waals surface area contributed by atoms with E-state index < -0.39 is 11.4 Å². The fourth-order valence-electron chi connectivity index (χ4n) is 3.69. The number of hydrogen-bond acceptors (Lipinski definition) is 3. The summed E-state index contributed by atoms with van der Waals surface area (Å²) in [5.41, 5.74) is -0.865. The normalized spacial score (nSPS) is 12.9. The molecule has 0 spiro atoms. The minimum atomic E-state index is -2.57. The molecule has 0 unspecified atom stereocenters. The Morgan fingerprint density at radius 3 is 1.24 bits per heavy atom. The van der Waals surface area contributed by atoms with Crippen LogP contribution in [0.4, 0.5) is 0 Å². The Morgan fingerprint density at radius 2 is 0.862 bits per heavy atom. The summed E-state index contributed by atoms with van der Waals surface area (Å²) in [6.45, 7) is 5.66. The minimum Gasteiger partial charge on any atom is -0.343 e. The molecule has 29 heavy (non-hydrogen) atoms. The SMILES string of the molecule is CCCCCCCCC=CCCCCCCCCCCCCC(C)(C)C(O)(O)O. The van der Waals surface area contributed by atoms with Crippen LogP contribution in [-0.4, -0.2) is 21.3 Å². The Bertz CT molecular complexity index is 369. The summed E-state index contributed by atoms with van der Waals surface area (Å²) in [6.07, 6.45) is 28.8. The van der Waals surface area contributed by atoms with Gasteiger partial charge < -0.3 is 15.3 Å². The zero-order valence-electron chi connectivity index (χ0n) is 19.9.